The van der Waals surface area contributed by atoms with E-state index in [0.717, 1.165) is 0 Å². The van der Waals surface area contributed by atoms with Gasteiger partial charge in [0.1, 0.15) is 0 Å². The summed E-state index contributed by atoms with van der Waals surface area (Å²) >= 11 is 0. The maximum atomic E-state index is 7.62. The molecule has 0 aromatic carbocycles. The van der Waals surface area contributed by atoms with E-state index in [1.807, 2.05) is 0 Å². The van der Waals surface area contributed by atoms with E-state index < -0.39 is 0 Å². The smallest absolute Gasteiger partial charge is 0.0662 e. The molecule has 0 saturated heterocycles. The van der Waals surface area contributed by atoms with Gasteiger partial charge >= 0.3 is 0 Å². The monoisotopic (exact) mass is 94.0 g/mol. The molecule has 2 nitrogen and oxygen atoms in total. The van der Waals surface area contributed by atoms with Gasteiger partial charge in [0.2, 0.25) is 0 Å². The second kappa shape index (κ2) is 8.91. The molecule has 34 valence electrons. The summed E-state index contributed by atoms with van der Waals surface area (Å²) in [4.78, 5) is 0. The van der Waals surface area contributed by atoms with Gasteiger partial charge in [-0.25, -0.2) is 0 Å². The van der Waals surface area contributed by atoms with Crippen LogP contribution in [0.15, 0.2) is 0 Å². The second-order valence-corrected chi connectivity index (χ2v) is 0.447. The Balaban J connectivity index is 0. The van der Waals surface area contributed by atoms with Gasteiger partial charge in [0.25, 0.3) is 0 Å². The average Bonchev–Trinajstić information content (AvgIpc) is 1.37. The van der Waals surface area contributed by atoms with Crippen molar-refractivity contribution in [3.05, 3.63) is 0 Å². The quantitative estimate of drug-likeness (QED) is 0.353. The highest BCUT2D eigenvalue weighted by atomic mass is 28.1. The first kappa shape index (κ1) is 8.93. The third kappa shape index (κ3) is 14.6. The van der Waals surface area contributed by atoms with Crippen molar-refractivity contribution in [1.29, 1.82) is 0 Å². The van der Waals surface area contributed by atoms with Crippen LogP contribution in [0.2, 0.25) is 0 Å². The van der Waals surface area contributed by atoms with Crippen molar-refractivity contribution in [2.45, 2.75) is 0 Å². The lowest BCUT2D eigenvalue weighted by molar-refractivity contribution is 0.186. The van der Waals surface area contributed by atoms with Gasteiger partial charge in [0.15, 0.2) is 0 Å². The zero-order valence-corrected chi connectivity index (χ0v) is 2.31. The molecule has 0 aliphatic rings. The van der Waals surface area contributed by atoms with Crippen LogP contribution in [0.5, 0.6) is 0 Å². The predicted molar refractivity (Wildman–Crippen MR) is 25.5 cm³/mol. The molecule has 0 saturated carbocycles. The molecule has 0 bridgehead atoms. The zero-order chi connectivity index (χ0) is 3.41. The number of hydrogen-bond donors (Lipinski definition) is 2. The van der Waals surface area contributed by atoms with Gasteiger partial charge in [-0.1, -0.05) is 0 Å². The van der Waals surface area contributed by atoms with E-state index in [1.54, 1.807) is 0 Å². The van der Waals surface area contributed by atoms with Crippen molar-refractivity contribution in [3.8, 4) is 0 Å². The van der Waals surface area contributed by atoms with Crippen molar-refractivity contribution in [3.63, 3.8) is 0 Å². The molecular formula is C2H10O2Si. The second-order valence-electron chi connectivity index (χ2n) is 0.447. The maximum Gasteiger partial charge on any atom is 0.0662 e. The average molecular weight is 94.2 g/mol. The number of rotatable bonds is 1. The highest BCUT2D eigenvalue weighted by Gasteiger charge is 1.58. The van der Waals surface area contributed by atoms with Crippen LogP contribution in [-0.2, 0) is 0 Å². The Bertz CT molecular complexity index is 9.61. The molecule has 0 aromatic heterocycles. The molecule has 0 atom stereocenters. The first-order valence-corrected chi connectivity index (χ1v) is 1.13. The zero-order valence-electron chi connectivity index (χ0n) is 2.31. The van der Waals surface area contributed by atoms with Crippen molar-refractivity contribution in [2.24, 2.45) is 0 Å². The third-order valence-corrected chi connectivity index (χ3v) is 0.1000. The minimum atomic E-state index is -0.125. The molecular weight excluding hydrogens is 84.1 g/mol. The van der Waals surface area contributed by atoms with Gasteiger partial charge in [0, 0.05) is 0 Å². The van der Waals surface area contributed by atoms with Crippen molar-refractivity contribution in [1.82, 2.24) is 0 Å². The van der Waals surface area contributed by atoms with Crippen LogP contribution >= 0.6 is 0 Å². The van der Waals surface area contributed by atoms with Gasteiger partial charge < -0.3 is 10.2 Å². The summed E-state index contributed by atoms with van der Waals surface area (Å²) in [6.45, 7) is -0.250. The molecule has 0 heterocycles. The normalized spacial score (nSPS) is 6.00. The fourth-order valence-corrected chi connectivity index (χ4v) is 0. The van der Waals surface area contributed by atoms with E-state index in [0.29, 0.717) is 0 Å². The first-order chi connectivity index (χ1) is 1.91. The van der Waals surface area contributed by atoms with Crippen LogP contribution in [0.25, 0.3) is 0 Å². The Morgan fingerprint density at radius 3 is 1.20 bits per heavy atom. The molecule has 0 aliphatic heterocycles. The molecule has 5 heavy (non-hydrogen) atoms. The minimum absolute atomic E-state index is 0. The fraction of sp³-hybridized carbons (Fsp3) is 1.00. The Hall–Kier alpha value is 0.137. The van der Waals surface area contributed by atoms with Gasteiger partial charge in [-0.15, -0.1) is 0 Å². The van der Waals surface area contributed by atoms with Crippen LogP contribution < -0.4 is 0 Å². The van der Waals surface area contributed by atoms with Crippen LogP contribution in [-0.4, -0.2) is 34.4 Å². The molecule has 0 amide bonds. The van der Waals surface area contributed by atoms with E-state index in [2.05, 4.69) is 0 Å². The lowest BCUT2D eigenvalue weighted by Gasteiger charge is -1.70. The summed E-state index contributed by atoms with van der Waals surface area (Å²) in [5.74, 6) is 0. The fourth-order valence-electron chi connectivity index (χ4n) is 0. The van der Waals surface area contributed by atoms with E-state index in [9.17, 15) is 0 Å². The summed E-state index contributed by atoms with van der Waals surface area (Å²) < 4.78 is 0. The molecule has 0 fully saturated rings. The largest absolute Gasteiger partial charge is 0.394 e. The van der Waals surface area contributed by atoms with Crippen LogP contribution in [0, 0.1) is 0 Å². The molecule has 0 spiro atoms. The van der Waals surface area contributed by atoms with Crippen molar-refractivity contribution >= 4 is 11.0 Å². The lowest BCUT2D eigenvalue weighted by atomic mass is 10.8. The van der Waals surface area contributed by atoms with Crippen LogP contribution in [0.4, 0.5) is 0 Å². The van der Waals surface area contributed by atoms with Gasteiger partial charge in [-0.05, 0) is 11.0 Å². The van der Waals surface area contributed by atoms with E-state index in [-0.39, 0.29) is 24.2 Å². The summed E-state index contributed by atoms with van der Waals surface area (Å²) in [6, 6.07) is 0. The number of hydrogen-bond acceptors (Lipinski definition) is 2. The topological polar surface area (TPSA) is 40.5 Å². The van der Waals surface area contributed by atoms with Crippen molar-refractivity contribution < 1.29 is 10.2 Å². The highest BCUT2D eigenvalue weighted by Crippen LogP contribution is 1.39. The molecule has 0 rings (SSSR count). The number of aliphatic hydroxyl groups excluding tert-OH is 2. The van der Waals surface area contributed by atoms with E-state index >= 15 is 0 Å². The summed E-state index contributed by atoms with van der Waals surface area (Å²) in [7, 11) is 0. The van der Waals surface area contributed by atoms with Gasteiger partial charge in [-0.3, -0.25) is 0 Å². The van der Waals surface area contributed by atoms with Gasteiger partial charge in [0.05, 0.1) is 13.2 Å². The summed E-state index contributed by atoms with van der Waals surface area (Å²) in [5, 5.41) is 15.2. The van der Waals surface area contributed by atoms with E-state index in [1.165, 1.54) is 0 Å². The molecule has 0 aliphatic carbocycles. The molecule has 0 radical (unpaired) electrons. The lowest BCUT2D eigenvalue weighted by Crippen LogP contribution is -1.85. The maximum absolute atomic E-state index is 7.62. The summed E-state index contributed by atoms with van der Waals surface area (Å²) in [6.07, 6.45) is 0. The Labute approximate surface area is 35.5 Å². The first-order valence-electron chi connectivity index (χ1n) is 1.13. The standard InChI is InChI=1S/C2H6O2.H4Si/c3-1-2-4;/h3-4H,1-2H2;1H4. The Morgan fingerprint density at radius 1 is 1.00 bits per heavy atom. The Kier molecular flexibility index (Phi) is 15.9. The predicted octanol–water partition coefficient (Wildman–Crippen LogP) is -2.48. The number of aliphatic hydroxyl groups is 2. The van der Waals surface area contributed by atoms with Crippen molar-refractivity contribution in [2.75, 3.05) is 13.2 Å². The third-order valence-electron chi connectivity index (χ3n) is 0.1000. The SMILES string of the molecule is OCCO.[SiH4]. The summed E-state index contributed by atoms with van der Waals surface area (Å²) in [5.41, 5.74) is 0. The molecule has 0 aromatic rings. The van der Waals surface area contributed by atoms with Gasteiger partial charge in [-0.2, -0.15) is 0 Å². The molecule has 3 heteroatoms. The molecule has 0 unspecified atom stereocenters. The van der Waals surface area contributed by atoms with E-state index in [4.69, 9.17) is 10.2 Å². The highest BCUT2D eigenvalue weighted by molar-refractivity contribution is 5.75. The molecule has 2 N–H and O–H groups in total. The van der Waals surface area contributed by atoms with Crippen LogP contribution in [0.1, 0.15) is 0 Å². The van der Waals surface area contributed by atoms with Crippen LogP contribution in [0.3, 0.4) is 0 Å². The Morgan fingerprint density at radius 2 is 1.20 bits per heavy atom. The minimum Gasteiger partial charge on any atom is -0.394 e.